The lowest BCUT2D eigenvalue weighted by molar-refractivity contribution is 0.0240. The molecule has 1 aliphatic rings. The van der Waals surface area contributed by atoms with Gasteiger partial charge in [0.1, 0.15) is 5.60 Å². The number of H-pyrrole nitrogens is 1. The van der Waals surface area contributed by atoms with Gasteiger partial charge in [-0.3, -0.25) is 9.36 Å². The molecule has 0 saturated carbocycles. The standard InChI is InChI=1S/C19H26N4O4/c1-5-23-16(24)14-12-13(6-7-15(14)20-17(23)25)21-8-10-22(11-9-21)18(26)27-19(2,3)4/h6-7,12H,5,8-11H2,1-4H3,(H,20,25). The van der Waals surface area contributed by atoms with Crippen molar-refractivity contribution in [3.63, 3.8) is 0 Å². The van der Waals surface area contributed by atoms with Crippen molar-refractivity contribution in [3.05, 3.63) is 39.0 Å². The molecule has 0 atom stereocenters. The highest BCUT2D eigenvalue weighted by molar-refractivity contribution is 5.81. The SMILES string of the molecule is CCn1c(=O)[nH]c2ccc(N3CCN(C(=O)OC(C)(C)C)CC3)cc2c1=O. The number of benzene rings is 1. The zero-order chi connectivity index (χ0) is 19.8. The van der Waals surface area contributed by atoms with Crippen LogP contribution in [0.1, 0.15) is 27.7 Å². The molecule has 27 heavy (non-hydrogen) atoms. The molecule has 146 valence electrons. The molecule has 2 aromatic rings. The van der Waals surface area contributed by atoms with Crippen LogP contribution in [0.15, 0.2) is 27.8 Å². The van der Waals surface area contributed by atoms with Crippen LogP contribution in [0.4, 0.5) is 10.5 Å². The fourth-order valence-corrected chi connectivity index (χ4v) is 3.20. The largest absolute Gasteiger partial charge is 0.444 e. The lowest BCUT2D eigenvalue weighted by Gasteiger charge is -2.36. The molecule has 1 fully saturated rings. The topological polar surface area (TPSA) is 87.6 Å². The molecular formula is C19H26N4O4. The molecule has 0 bridgehead atoms. The molecule has 1 saturated heterocycles. The summed E-state index contributed by atoms with van der Waals surface area (Å²) in [5, 5.41) is 0.489. The molecule has 2 heterocycles. The van der Waals surface area contributed by atoms with E-state index in [9.17, 15) is 14.4 Å². The third kappa shape index (κ3) is 3.99. The molecule has 1 aromatic heterocycles. The fraction of sp³-hybridized carbons (Fsp3) is 0.526. The van der Waals surface area contributed by atoms with Crippen molar-refractivity contribution in [2.24, 2.45) is 0 Å². The summed E-state index contributed by atoms with van der Waals surface area (Å²) in [6.07, 6.45) is -0.302. The van der Waals surface area contributed by atoms with Crippen LogP contribution in [-0.4, -0.2) is 52.3 Å². The number of nitrogens with one attached hydrogen (secondary N) is 1. The van der Waals surface area contributed by atoms with Crippen molar-refractivity contribution in [3.8, 4) is 0 Å². The van der Waals surface area contributed by atoms with Gasteiger partial charge >= 0.3 is 11.8 Å². The number of fused-ring (bicyclic) bond motifs is 1. The van der Waals surface area contributed by atoms with Gasteiger partial charge in [0.2, 0.25) is 0 Å². The normalized spacial score (nSPS) is 15.3. The third-order valence-corrected chi connectivity index (χ3v) is 4.58. The summed E-state index contributed by atoms with van der Waals surface area (Å²) in [7, 11) is 0. The van der Waals surface area contributed by atoms with Gasteiger partial charge in [-0.2, -0.15) is 0 Å². The average molecular weight is 374 g/mol. The summed E-state index contributed by atoms with van der Waals surface area (Å²) in [5.74, 6) is 0. The molecule has 3 rings (SSSR count). The first kappa shape index (κ1) is 19.0. The molecule has 1 amide bonds. The van der Waals surface area contributed by atoms with E-state index in [0.717, 1.165) is 5.69 Å². The van der Waals surface area contributed by atoms with E-state index in [1.165, 1.54) is 4.57 Å². The van der Waals surface area contributed by atoms with Crippen LogP contribution in [0.2, 0.25) is 0 Å². The van der Waals surface area contributed by atoms with Crippen molar-refractivity contribution in [1.82, 2.24) is 14.5 Å². The second-order valence-electron chi connectivity index (χ2n) is 7.66. The lowest BCUT2D eigenvalue weighted by atomic mass is 10.2. The number of ether oxygens (including phenoxy) is 1. The van der Waals surface area contributed by atoms with Gasteiger partial charge in [-0.15, -0.1) is 0 Å². The highest BCUT2D eigenvalue weighted by Gasteiger charge is 2.26. The summed E-state index contributed by atoms with van der Waals surface area (Å²) in [6, 6.07) is 5.45. The summed E-state index contributed by atoms with van der Waals surface area (Å²) >= 11 is 0. The Bertz CT molecular complexity index is 962. The number of anilines is 1. The van der Waals surface area contributed by atoms with E-state index in [4.69, 9.17) is 4.74 Å². The zero-order valence-corrected chi connectivity index (χ0v) is 16.2. The van der Waals surface area contributed by atoms with Crippen LogP contribution in [0, 0.1) is 0 Å². The Morgan fingerprint density at radius 3 is 2.41 bits per heavy atom. The van der Waals surface area contributed by atoms with Gasteiger partial charge in [0.15, 0.2) is 0 Å². The molecule has 8 heteroatoms. The number of hydrogen-bond donors (Lipinski definition) is 1. The van der Waals surface area contributed by atoms with Gasteiger partial charge in [0.25, 0.3) is 5.56 Å². The number of nitrogens with zero attached hydrogens (tertiary/aromatic N) is 3. The molecule has 1 N–H and O–H groups in total. The molecule has 1 aliphatic heterocycles. The number of carbonyl (C=O) groups excluding carboxylic acids is 1. The highest BCUT2D eigenvalue weighted by atomic mass is 16.6. The Morgan fingerprint density at radius 1 is 1.15 bits per heavy atom. The maximum Gasteiger partial charge on any atom is 0.410 e. The highest BCUT2D eigenvalue weighted by Crippen LogP contribution is 2.21. The Morgan fingerprint density at radius 2 is 1.81 bits per heavy atom. The first-order valence-corrected chi connectivity index (χ1v) is 9.19. The van der Waals surface area contributed by atoms with E-state index in [-0.39, 0.29) is 11.7 Å². The minimum absolute atomic E-state index is 0.287. The molecule has 0 aliphatic carbocycles. The third-order valence-electron chi connectivity index (χ3n) is 4.58. The van der Waals surface area contributed by atoms with Gasteiger partial charge in [-0.05, 0) is 45.9 Å². The number of rotatable bonds is 2. The van der Waals surface area contributed by atoms with Gasteiger partial charge in [0.05, 0.1) is 10.9 Å². The van der Waals surface area contributed by atoms with Crippen molar-refractivity contribution >= 4 is 22.7 Å². The predicted molar refractivity (Wildman–Crippen MR) is 105 cm³/mol. The van der Waals surface area contributed by atoms with Gasteiger partial charge < -0.3 is 19.5 Å². The predicted octanol–water partition coefficient (Wildman–Crippen LogP) is 1.77. The van der Waals surface area contributed by atoms with Crippen molar-refractivity contribution in [1.29, 1.82) is 0 Å². The van der Waals surface area contributed by atoms with Crippen LogP contribution in [0.3, 0.4) is 0 Å². The molecule has 1 aromatic carbocycles. The Balaban J connectivity index is 1.79. The number of piperazine rings is 1. The van der Waals surface area contributed by atoms with Gasteiger partial charge in [-0.25, -0.2) is 9.59 Å². The van der Waals surface area contributed by atoms with Crippen molar-refractivity contribution in [2.75, 3.05) is 31.1 Å². The van der Waals surface area contributed by atoms with Crippen LogP contribution >= 0.6 is 0 Å². The van der Waals surface area contributed by atoms with Crippen LogP contribution < -0.4 is 16.1 Å². The summed E-state index contributed by atoms with van der Waals surface area (Å²) in [6.45, 7) is 10.0. The first-order valence-electron chi connectivity index (χ1n) is 9.19. The Hall–Kier alpha value is -2.77. The summed E-state index contributed by atoms with van der Waals surface area (Å²) in [4.78, 5) is 43.2. The van der Waals surface area contributed by atoms with Crippen molar-refractivity contribution in [2.45, 2.75) is 39.8 Å². The molecule has 0 unspecified atom stereocenters. The van der Waals surface area contributed by atoms with Crippen molar-refractivity contribution < 1.29 is 9.53 Å². The van der Waals surface area contributed by atoms with Crippen LogP contribution in [-0.2, 0) is 11.3 Å². The van der Waals surface area contributed by atoms with E-state index in [1.54, 1.807) is 17.9 Å². The zero-order valence-electron chi connectivity index (χ0n) is 16.2. The number of amides is 1. The Labute approximate surface area is 157 Å². The lowest BCUT2D eigenvalue weighted by Crippen LogP contribution is -2.50. The quantitative estimate of drug-likeness (QED) is 0.866. The van der Waals surface area contributed by atoms with Crippen LogP contribution in [0.25, 0.3) is 10.9 Å². The van der Waals surface area contributed by atoms with E-state index in [2.05, 4.69) is 9.88 Å². The second kappa shape index (κ2) is 7.09. The number of hydrogen-bond acceptors (Lipinski definition) is 5. The second-order valence-corrected chi connectivity index (χ2v) is 7.66. The minimum atomic E-state index is -0.511. The van der Waals surface area contributed by atoms with Gasteiger partial charge in [-0.1, -0.05) is 0 Å². The van der Waals surface area contributed by atoms with Crippen LogP contribution in [0.5, 0.6) is 0 Å². The number of aromatic nitrogens is 2. The molecule has 0 spiro atoms. The summed E-state index contributed by atoms with van der Waals surface area (Å²) in [5.41, 5.74) is 0.242. The van der Waals surface area contributed by atoms with E-state index in [0.29, 0.717) is 43.6 Å². The number of carbonyl (C=O) groups is 1. The monoisotopic (exact) mass is 374 g/mol. The summed E-state index contributed by atoms with van der Waals surface area (Å²) < 4.78 is 6.61. The molecular weight excluding hydrogens is 348 g/mol. The molecule has 0 radical (unpaired) electrons. The van der Waals surface area contributed by atoms with E-state index >= 15 is 0 Å². The average Bonchev–Trinajstić information content (AvgIpc) is 2.60. The first-order chi connectivity index (χ1) is 12.7. The maximum atomic E-state index is 12.5. The fourth-order valence-electron chi connectivity index (χ4n) is 3.20. The van der Waals surface area contributed by atoms with E-state index < -0.39 is 11.3 Å². The Kier molecular flexibility index (Phi) is 4.99. The van der Waals surface area contributed by atoms with Gasteiger partial charge in [0, 0.05) is 38.4 Å². The minimum Gasteiger partial charge on any atom is -0.444 e. The van der Waals surface area contributed by atoms with E-state index in [1.807, 2.05) is 32.9 Å². The smallest absolute Gasteiger partial charge is 0.410 e. The number of aromatic amines is 1. The molecule has 8 nitrogen and oxygen atoms in total. The maximum absolute atomic E-state index is 12.5.